The molecule has 0 heterocycles. The molecule has 0 atom stereocenters. The van der Waals surface area contributed by atoms with Crippen molar-refractivity contribution in [1.29, 1.82) is 0 Å². The van der Waals surface area contributed by atoms with Gasteiger partial charge in [0, 0.05) is 26.1 Å². The van der Waals surface area contributed by atoms with E-state index in [9.17, 15) is 9.59 Å². The number of amides is 1. The van der Waals surface area contributed by atoms with Crippen LogP contribution in [0.5, 0.6) is 0 Å². The lowest BCUT2D eigenvalue weighted by molar-refractivity contribution is -0.144. The number of rotatable bonds is 11. The molecule has 0 aliphatic heterocycles. The van der Waals surface area contributed by atoms with Gasteiger partial charge in [0.2, 0.25) is 5.91 Å². The highest BCUT2D eigenvalue weighted by Crippen LogP contribution is 2.26. The SMILES string of the molecule is CCOC(=O)CCN(CCN(CC)CC)C(=O)CC1CCCCC1. The summed E-state index contributed by atoms with van der Waals surface area (Å²) in [6, 6.07) is 0. The molecule has 1 saturated carbocycles. The third-order valence-corrected chi connectivity index (χ3v) is 5.01. The molecule has 0 unspecified atom stereocenters. The Kier molecular flexibility index (Phi) is 10.7. The number of ether oxygens (including phenoxy) is 1. The Bertz CT molecular complexity index is 364. The summed E-state index contributed by atoms with van der Waals surface area (Å²) in [5.74, 6) is 0.527. The normalized spacial score (nSPS) is 15.5. The number of hydrogen-bond donors (Lipinski definition) is 0. The minimum Gasteiger partial charge on any atom is -0.466 e. The van der Waals surface area contributed by atoms with E-state index in [4.69, 9.17) is 4.74 Å². The monoisotopic (exact) mass is 340 g/mol. The molecule has 140 valence electrons. The molecule has 0 aromatic carbocycles. The molecule has 5 heteroatoms. The third kappa shape index (κ3) is 8.13. The van der Waals surface area contributed by atoms with Crippen LogP contribution < -0.4 is 0 Å². The minimum absolute atomic E-state index is 0.207. The van der Waals surface area contributed by atoms with Crippen molar-refractivity contribution in [1.82, 2.24) is 9.80 Å². The number of nitrogens with zero attached hydrogens (tertiary/aromatic N) is 2. The molecule has 0 aromatic rings. The summed E-state index contributed by atoms with van der Waals surface area (Å²) in [6.45, 7) is 10.5. The zero-order valence-electron chi connectivity index (χ0n) is 15.9. The predicted octanol–water partition coefficient (Wildman–Crippen LogP) is 3.08. The van der Waals surface area contributed by atoms with Gasteiger partial charge in [-0.2, -0.15) is 0 Å². The molecule has 0 N–H and O–H groups in total. The maximum absolute atomic E-state index is 12.7. The molecule has 1 amide bonds. The summed E-state index contributed by atoms with van der Waals surface area (Å²) in [4.78, 5) is 28.6. The quantitative estimate of drug-likeness (QED) is 0.542. The highest BCUT2D eigenvalue weighted by molar-refractivity contribution is 5.77. The van der Waals surface area contributed by atoms with E-state index in [-0.39, 0.29) is 11.9 Å². The second-order valence-corrected chi connectivity index (χ2v) is 6.67. The van der Waals surface area contributed by atoms with Gasteiger partial charge in [-0.15, -0.1) is 0 Å². The zero-order chi connectivity index (χ0) is 17.8. The molecule has 1 fully saturated rings. The summed E-state index contributed by atoms with van der Waals surface area (Å²) in [7, 11) is 0. The average Bonchev–Trinajstić information content (AvgIpc) is 2.59. The molecule has 0 saturated heterocycles. The standard InChI is InChI=1S/C19H36N2O3/c1-4-20(5-2)14-15-21(13-12-19(23)24-6-3)18(22)16-17-10-8-7-9-11-17/h17H,4-16H2,1-3H3. The Morgan fingerprint density at radius 1 is 0.958 bits per heavy atom. The van der Waals surface area contributed by atoms with Crippen LogP contribution in [0.2, 0.25) is 0 Å². The second-order valence-electron chi connectivity index (χ2n) is 6.67. The lowest BCUT2D eigenvalue weighted by Crippen LogP contribution is -2.40. The van der Waals surface area contributed by atoms with Crippen molar-refractivity contribution in [3.8, 4) is 0 Å². The summed E-state index contributed by atoms with van der Waals surface area (Å²) >= 11 is 0. The Labute approximate surface area is 147 Å². The van der Waals surface area contributed by atoms with Crippen molar-refractivity contribution in [2.24, 2.45) is 5.92 Å². The van der Waals surface area contributed by atoms with E-state index in [1.54, 1.807) is 0 Å². The first-order valence-electron chi connectivity index (χ1n) is 9.76. The van der Waals surface area contributed by atoms with E-state index in [1.165, 1.54) is 32.1 Å². The number of hydrogen-bond acceptors (Lipinski definition) is 4. The Morgan fingerprint density at radius 3 is 2.21 bits per heavy atom. The first-order valence-corrected chi connectivity index (χ1v) is 9.76. The van der Waals surface area contributed by atoms with E-state index in [0.717, 1.165) is 19.6 Å². The first-order chi connectivity index (χ1) is 11.6. The van der Waals surface area contributed by atoms with Gasteiger partial charge in [0.25, 0.3) is 0 Å². The van der Waals surface area contributed by atoms with E-state index >= 15 is 0 Å². The molecular weight excluding hydrogens is 304 g/mol. The van der Waals surface area contributed by atoms with Crippen LogP contribution in [-0.2, 0) is 14.3 Å². The van der Waals surface area contributed by atoms with Gasteiger partial charge in [-0.3, -0.25) is 9.59 Å². The van der Waals surface area contributed by atoms with Gasteiger partial charge in [0.1, 0.15) is 0 Å². The number of carbonyl (C=O) groups excluding carboxylic acids is 2. The van der Waals surface area contributed by atoms with Crippen LogP contribution in [0.1, 0.15) is 65.7 Å². The maximum atomic E-state index is 12.7. The van der Waals surface area contributed by atoms with Crippen LogP contribution in [0.15, 0.2) is 0 Å². The van der Waals surface area contributed by atoms with Crippen molar-refractivity contribution in [3.63, 3.8) is 0 Å². The lowest BCUT2D eigenvalue weighted by atomic mass is 9.86. The summed E-state index contributed by atoms with van der Waals surface area (Å²) < 4.78 is 5.00. The van der Waals surface area contributed by atoms with Crippen LogP contribution in [0.3, 0.4) is 0 Å². The lowest BCUT2D eigenvalue weighted by Gasteiger charge is -2.29. The highest BCUT2D eigenvalue weighted by atomic mass is 16.5. The van der Waals surface area contributed by atoms with Crippen molar-refractivity contribution in [3.05, 3.63) is 0 Å². The molecule has 1 rings (SSSR count). The number of carbonyl (C=O) groups is 2. The summed E-state index contributed by atoms with van der Waals surface area (Å²) in [5.41, 5.74) is 0. The molecule has 0 spiro atoms. The smallest absolute Gasteiger partial charge is 0.307 e. The van der Waals surface area contributed by atoms with Crippen LogP contribution in [0.25, 0.3) is 0 Å². The number of esters is 1. The topological polar surface area (TPSA) is 49.9 Å². The van der Waals surface area contributed by atoms with Crippen molar-refractivity contribution in [2.45, 2.75) is 65.7 Å². The Balaban J connectivity index is 2.53. The molecule has 24 heavy (non-hydrogen) atoms. The number of likely N-dealkylation sites (N-methyl/N-ethyl adjacent to an activating group) is 1. The van der Waals surface area contributed by atoms with Gasteiger partial charge in [-0.1, -0.05) is 33.1 Å². The fourth-order valence-corrected chi connectivity index (χ4v) is 3.39. The zero-order valence-corrected chi connectivity index (χ0v) is 15.9. The van der Waals surface area contributed by atoms with Gasteiger partial charge in [0.15, 0.2) is 0 Å². The van der Waals surface area contributed by atoms with Gasteiger partial charge >= 0.3 is 5.97 Å². The summed E-state index contributed by atoms with van der Waals surface area (Å²) in [6.07, 6.45) is 7.09. The van der Waals surface area contributed by atoms with Gasteiger partial charge in [-0.25, -0.2) is 0 Å². The largest absolute Gasteiger partial charge is 0.466 e. The molecular formula is C19H36N2O3. The van der Waals surface area contributed by atoms with Crippen molar-refractivity contribution < 1.29 is 14.3 Å². The summed E-state index contributed by atoms with van der Waals surface area (Å²) in [5, 5.41) is 0. The molecule has 0 radical (unpaired) electrons. The van der Waals surface area contributed by atoms with Crippen LogP contribution in [-0.4, -0.2) is 61.0 Å². The molecule has 1 aliphatic carbocycles. The van der Waals surface area contributed by atoms with Crippen LogP contribution in [0, 0.1) is 5.92 Å². The fourth-order valence-electron chi connectivity index (χ4n) is 3.39. The van der Waals surface area contributed by atoms with E-state index in [2.05, 4.69) is 18.7 Å². The molecule has 0 bridgehead atoms. The first kappa shape index (κ1) is 20.9. The average molecular weight is 341 g/mol. The predicted molar refractivity (Wildman–Crippen MR) is 96.8 cm³/mol. The highest BCUT2D eigenvalue weighted by Gasteiger charge is 2.22. The minimum atomic E-state index is -0.212. The fraction of sp³-hybridized carbons (Fsp3) is 0.895. The third-order valence-electron chi connectivity index (χ3n) is 5.01. The van der Waals surface area contributed by atoms with E-state index in [0.29, 0.717) is 38.5 Å². The molecule has 5 nitrogen and oxygen atoms in total. The van der Waals surface area contributed by atoms with Gasteiger partial charge in [-0.05, 0) is 38.8 Å². The second kappa shape index (κ2) is 12.3. The van der Waals surface area contributed by atoms with E-state index < -0.39 is 0 Å². The van der Waals surface area contributed by atoms with Gasteiger partial charge in [0.05, 0.1) is 13.0 Å². The van der Waals surface area contributed by atoms with Crippen molar-refractivity contribution >= 4 is 11.9 Å². The van der Waals surface area contributed by atoms with Crippen LogP contribution >= 0.6 is 0 Å². The van der Waals surface area contributed by atoms with E-state index in [1.807, 2.05) is 11.8 Å². The Hall–Kier alpha value is -1.10. The molecule has 1 aliphatic rings. The van der Waals surface area contributed by atoms with Gasteiger partial charge < -0.3 is 14.5 Å². The molecule has 0 aromatic heterocycles. The maximum Gasteiger partial charge on any atom is 0.307 e. The Morgan fingerprint density at radius 2 is 1.62 bits per heavy atom. The van der Waals surface area contributed by atoms with Crippen molar-refractivity contribution in [2.75, 3.05) is 39.3 Å². The van der Waals surface area contributed by atoms with Crippen LogP contribution in [0.4, 0.5) is 0 Å².